The van der Waals surface area contributed by atoms with Crippen LogP contribution in [0.2, 0.25) is 5.02 Å². The zero-order chi connectivity index (χ0) is 21.8. The molecule has 4 rings (SSSR count). The van der Waals surface area contributed by atoms with E-state index >= 15 is 0 Å². The van der Waals surface area contributed by atoms with E-state index in [0.29, 0.717) is 17.4 Å². The van der Waals surface area contributed by atoms with Crippen LogP contribution in [0, 0.1) is 0 Å². The summed E-state index contributed by atoms with van der Waals surface area (Å²) in [6.07, 6.45) is 0. The summed E-state index contributed by atoms with van der Waals surface area (Å²) in [5, 5.41) is 12.8. The maximum Gasteiger partial charge on any atom is 0.242 e. The summed E-state index contributed by atoms with van der Waals surface area (Å²) < 4.78 is 39.5. The molecule has 0 amide bonds. The largest absolute Gasteiger partial charge is 0.497 e. The summed E-state index contributed by atoms with van der Waals surface area (Å²) in [5.74, 6) is 1.58. The van der Waals surface area contributed by atoms with Crippen molar-refractivity contribution in [3.63, 3.8) is 0 Å². The van der Waals surface area contributed by atoms with Crippen LogP contribution in [-0.4, -0.2) is 48.5 Å². The van der Waals surface area contributed by atoms with Gasteiger partial charge in [0.15, 0.2) is 11.5 Å². The van der Waals surface area contributed by atoms with Gasteiger partial charge in [-0.05, 0) is 42.5 Å². The Bertz CT molecular complexity index is 1310. The standard InChI is InChI=1S/C20H18ClN5O4S/c1-29-15-8-6-14(7-9-15)20-24-23-18-10-11-19(25-26(18)20)30-13-12-22-31(27,28)17-5-3-2-4-16(17)21/h2-11,22H,12-13H2,1H3. The molecule has 2 aromatic heterocycles. The maximum atomic E-state index is 12.4. The third kappa shape index (κ3) is 4.61. The van der Waals surface area contributed by atoms with Crippen LogP contribution < -0.4 is 14.2 Å². The molecule has 11 heteroatoms. The van der Waals surface area contributed by atoms with Crippen molar-refractivity contribution in [3.05, 3.63) is 65.7 Å². The second kappa shape index (κ2) is 8.88. The lowest BCUT2D eigenvalue weighted by Crippen LogP contribution is -2.28. The van der Waals surface area contributed by atoms with Gasteiger partial charge in [-0.15, -0.1) is 15.3 Å². The highest BCUT2D eigenvalue weighted by Gasteiger charge is 2.17. The molecule has 0 spiro atoms. The maximum absolute atomic E-state index is 12.4. The molecule has 0 bridgehead atoms. The lowest BCUT2D eigenvalue weighted by molar-refractivity contribution is 0.306. The van der Waals surface area contributed by atoms with Crippen LogP contribution in [0.4, 0.5) is 0 Å². The van der Waals surface area contributed by atoms with E-state index in [4.69, 9.17) is 21.1 Å². The third-order valence-corrected chi connectivity index (χ3v) is 6.32. The van der Waals surface area contributed by atoms with Crippen LogP contribution in [0.5, 0.6) is 11.6 Å². The van der Waals surface area contributed by atoms with Gasteiger partial charge in [-0.25, -0.2) is 13.1 Å². The van der Waals surface area contributed by atoms with Gasteiger partial charge in [0.25, 0.3) is 0 Å². The molecule has 0 unspecified atom stereocenters. The first-order valence-corrected chi connectivity index (χ1v) is 11.1. The second-order valence-electron chi connectivity index (χ2n) is 6.37. The highest BCUT2D eigenvalue weighted by Crippen LogP contribution is 2.22. The van der Waals surface area contributed by atoms with Gasteiger partial charge < -0.3 is 9.47 Å². The summed E-state index contributed by atoms with van der Waals surface area (Å²) >= 11 is 5.96. The molecular weight excluding hydrogens is 442 g/mol. The molecule has 0 aliphatic rings. The predicted molar refractivity (Wildman–Crippen MR) is 115 cm³/mol. The lowest BCUT2D eigenvalue weighted by Gasteiger charge is -2.09. The number of nitrogens with one attached hydrogen (secondary N) is 1. The summed E-state index contributed by atoms with van der Waals surface area (Å²) in [7, 11) is -2.14. The van der Waals surface area contributed by atoms with Crippen molar-refractivity contribution in [1.29, 1.82) is 0 Å². The fourth-order valence-corrected chi connectivity index (χ4v) is 4.37. The number of nitrogens with zero attached hydrogens (tertiary/aromatic N) is 4. The Labute approximate surface area is 183 Å². The number of fused-ring (bicyclic) bond motifs is 1. The first-order chi connectivity index (χ1) is 15.0. The van der Waals surface area contributed by atoms with E-state index in [-0.39, 0.29) is 23.1 Å². The van der Waals surface area contributed by atoms with E-state index in [1.807, 2.05) is 24.3 Å². The van der Waals surface area contributed by atoms with E-state index in [1.165, 1.54) is 12.1 Å². The highest BCUT2D eigenvalue weighted by atomic mass is 35.5. The number of benzene rings is 2. The molecule has 0 fully saturated rings. The topological polar surface area (TPSA) is 108 Å². The Morgan fingerprint density at radius 3 is 2.55 bits per heavy atom. The molecule has 4 aromatic rings. The molecule has 0 atom stereocenters. The molecule has 1 N–H and O–H groups in total. The van der Waals surface area contributed by atoms with E-state index in [2.05, 4.69) is 20.0 Å². The van der Waals surface area contributed by atoms with E-state index in [0.717, 1.165) is 11.3 Å². The predicted octanol–water partition coefficient (Wildman–Crippen LogP) is 2.81. The quantitative estimate of drug-likeness (QED) is 0.403. The number of halogens is 1. The Hall–Kier alpha value is -3.21. The average Bonchev–Trinajstić information content (AvgIpc) is 3.20. The van der Waals surface area contributed by atoms with Gasteiger partial charge >= 0.3 is 0 Å². The highest BCUT2D eigenvalue weighted by molar-refractivity contribution is 7.89. The van der Waals surface area contributed by atoms with Crippen LogP contribution in [0.25, 0.3) is 17.0 Å². The molecule has 0 aliphatic carbocycles. The Kier molecular flexibility index (Phi) is 6.03. The zero-order valence-electron chi connectivity index (χ0n) is 16.4. The first kappa shape index (κ1) is 21.0. The molecular formula is C20H18ClN5O4S. The normalized spacial score (nSPS) is 11.5. The van der Waals surface area contributed by atoms with Crippen molar-refractivity contribution < 1.29 is 17.9 Å². The summed E-state index contributed by atoms with van der Waals surface area (Å²) in [6.45, 7) is 0.114. The van der Waals surface area contributed by atoms with E-state index in [9.17, 15) is 8.42 Å². The molecule has 0 saturated carbocycles. The fraction of sp³-hybridized carbons (Fsp3) is 0.150. The van der Waals surface area contributed by atoms with Crippen molar-refractivity contribution in [2.45, 2.75) is 4.90 Å². The number of sulfonamides is 1. The van der Waals surface area contributed by atoms with Crippen molar-refractivity contribution in [2.24, 2.45) is 0 Å². The SMILES string of the molecule is COc1ccc(-c2nnc3ccc(OCCNS(=O)(=O)c4ccccc4Cl)nn23)cc1. The third-order valence-electron chi connectivity index (χ3n) is 4.36. The molecule has 9 nitrogen and oxygen atoms in total. The Morgan fingerprint density at radius 2 is 1.81 bits per heavy atom. The molecule has 0 saturated heterocycles. The van der Waals surface area contributed by atoms with Crippen molar-refractivity contribution in [3.8, 4) is 23.0 Å². The summed E-state index contributed by atoms with van der Waals surface area (Å²) in [4.78, 5) is 0.0184. The van der Waals surface area contributed by atoms with Crippen molar-refractivity contribution in [2.75, 3.05) is 20.3 Å². The fourth-order valence-electron chi connectivity index (χ4n) is 2.84. The van der Waals surface area contributed by atoms with Crippen LogP contribution in [0.15, 0.2) is 65.6 Å². The Morgan fingerprint density at radius 1 is 1.03 bits per heavy atom. The minimum atomic E-state index is -3.74. The van der Waals surface area contributed by atoms with Gasteiger partial charge in [0.1, 0.15) is 17.3 Å². The number of aromatic nitrogens is 4. The molecule has 0 radical (unpaired) electrons. The second-order valence-corrected chi connectivity index (χ2v) is 8.51. The van der Waals surface area contributed by atoms with Gasteiger partial charge in [0.05, 0.1) is 12.1 Å². The van der Waals surface area contributed by atoms with E-state index < -0.39 is 10.0 Å². The van der Waals surface area contributed by atoms with Crippen molar-refractivity contribution >= 4 is 27.3 Å². The van der Waals surface area contributed by atoms with Gasteiger partial charge in [0, 0.05) is 18.2 Å². The monoisotopic (exact) mass is 459 g/mol. The summed E-state index contributed by atoms with van der Waals surface area (Å²) in [6, 6.07) is 16.9. The molecule has 2 heterocycles. The molecule has 0 aliphatic heterocycles. The number of methoxy groups -OCH3 is 1. The van der Waals surface area contributed by atoms with Crippen LogP contribution >= 0.6 is 11.6 Å². The minimum Gasteiger partial charge on any atom is -0.497 e. The number of rotatable bonds is 8. The van der Waals surface area contributed by atoms with Gasteiger partial charge in [-0.1, -0.05) is 23.7 Å². The van der Waals surface area contributed by atoms with Gasteiger partial charge in [0.2, 0.25) is 15.9 Å². The van der Waals surface area contributed by atoms with Crippen molar-refractivity contribution in [1.82, 2.24) is 24.5 Å². The van der Waals surface area contributed by atoms with Gasteiger partial charge in [-0.2, -0.15) is 4.52 Å². The zero-order valence-corrected chi connectivity index (χ0v) is 18.0. The first-order valence-electron chi connectivity index (χ1n) is 9.22. The smallest absolute Gasteiger partial charge is 0.242 e. The molecule has 31 heavy (non-hydrogen) atoms. The number of ether oxygens (including phenoxy) is 2. The number of hydrogen-bond acceptors (Lipinski definition) is 7. The average molecular weight is 460 g/mol. The number of hydrogen-bond donors (Lipinski definition) is 1. The van der Waals surface area contributed by atoms with Crippen LogP contribution in [-0.2, 0) is 10.0 Å². The van der Waals surface area contributed by atoms with Crippen LogP contribution in [0.1, 0.15) is 0 Å². The lowest BCUT2D eigenvalue weighted by atomic mass is 10.2. The minimum absolute atomic E-state index is 0.0184. The molecule has 2 aromatic carbocycles. The van der Waals surface area contributed by atoms with Gasteiger partial charge in [-0.3, -0.25) is 0 Å². The molecule has 160 valence electrons. The summed E-state index contributed by atoms with van der Waals surface area (Å²) in [5.41, 5.74) is 1.36. The van der Waals surface area contributed by atoms with E-state index in [1.54, 1.807) is 35.9 Å². The van der Waals surface area contributed by atoms with Crippen LogP contribution in [0.3, 0.4) is 0 Å². The Balaban J connectivity index is 1.44.